The molecule has 1 aliphatic rings. The van der Waals surface area contributed by atoms with Crippen LogP contribution < -0.4 is 19.5 Å². The minimum atomic E-state index is -0.983. The van der Waals surface area contributed by atoms with Crippen molar-refractivity contribution in [1.82, 2.24) is 5.32 Å². The lowest BCUT2D eigenvalue weighted by atomic mass is 10.2. The fourth-order valence-electron chi connectivity index (χ4n) is 2.34. The molecule has 0 fully saturated rings. The van der Waals surface area contributed by atoms with Crippen LogP contribution >= 0.6 is 0 Å². The third-order valence-corrected chi connectivity index (χ3v) is 3.75. The number of nitrogens with one attached hydrogen (secondary N) is 1. The van der Waals surface area contributed by atoms with Crippen LogP contribution in [-0.4, -0.2) is 31.4 Å². The highest BCUT2D eigenvalue weighted by molar-refractivity contribution is 5.83. The molecule has 0 aliphatic carbocycles. The lowest BCUT2D eigenvalue weighted by molar-refractivity contribution is -0.156. The van der Waals surface area contributed by atoms with Gasteiger partial charge in [0, 0.05) is 6.54 Å². The van der Waals surface area contributed by atoms with E-state index < -0.39 is 23.8 Å². The second-order valence-corrected chi connectivity index (χ2v) is 5.78. The molecule has 0 bridgehead atoms. The number of esters is 1. The topological polar surface area (TPSA) is 83.1 Å². The zero-order valence-corrected chi connectivity index (χ0v) is 14.6. The molecule has 1 aliphatic heterocycles. The van der Waals surface area contributed by atoms with Gasteiger partial charge in [0.25, 0.3) is 5.91 Å². The van der Waals surface area contributed by atoms with Crippen LogP contribution in [0.2, 0.25) is 0 Å². The summed E-state index contributed by atoms with van der Waals surface area (Å²) in [5.41, 5.74) is 0.825. The Balaban J connectivity index is 1.41. The first-order chi connectivity index (χ1) is 13.0. The van der Waals surface area contributed by atoms with Gasteiger partial charge in [0.15, 0.2) is 24.2 Å². The fraction of sp³-hybridized carbons (Fsp3) is 0.263. The molecule has 142 valence electrons. The van der Waals surface area contributed by atoms with Crippen LogP contribution in [0.25, 0.3) is 0 Å². The summed E-state index contributed by atoms with van der Waals surface area (Å²) in [6.07, 6.45) is -0.983. The molecule has 1 heterocycles. The molecule has 7 nitrogen and oxygen atoms in total. The van der Waals surface area contributed by atoms with Crippen molar-refractivity contribution in [2.75, 3.05) is 13.4 Å². The molecular formula is C19H18FNO6. The maximum atomic E-state index is 12.8. The zero-order valence-electron chi connectivity index (χ0n) is 14.6. The Morgan fingerprint density at radius 3 is 2.67 bits per heavy atom. The summed E-state index contributed by atoms with van der Waals surface area (Å²) in [6, 6.07) is 10.6. The quantitative estimate of drug-likeness (QED) is 0.747. The van der Waals surface area contributed by atoms with E-state index in [1.54, 1.807) is 18.2 Å². The summed E-state index contributed by atoms with van der Waals surface area (Å²) in [6.45, 7) is 1.51. The molecule has 8 heteroatoms. The van der Waals surface area contributed by atoms with Crippen LogP contribution in [0.3, 0.4) is 0 Å². The van der Waals surface area contributed by atoms with Gasteiger partial charge in [0.2, 0.25) is 6.79 Å². The van der Waals surface area contributed by atoms with Gasteiger partial charge in [0.05, 0.1) is 0 Å². The predicted molar refractivity (Wildman–Crippen MR) is 91.9 cm³/mol. The Hall–Kier alpha value is -3.29. The van der Waals surface area contributed by atoms with Crippen molar-refractivity contribution in [3.05, 3.63) is 53.8 Å². The Labute approximate surface area is 155 Å². The minimum Gasteiger partial charge on any atom is -0.482 e. The number of hydrogen-bond donors (Lipinski definition) is 1. The number of halogens is 1. The smallest absolute Gasteiger partial charge is 0.344 e. The van der Waals surface area contributed by atoms with E-state index in [1.807, 2.05) is 0 Å². The Bertz CT molecular complexity index is 823. The lowest BCUT2D eigenvalue weighted by Crippen LogP contribution is -2.36. The van der Waals surface area contributed by atoms with Crippen molar-refractivity contribution in [1.29, 1.82) is 0 Å². The van der Waals surface area contributed by atoms with Crippen molar-refractivity contribution in [3.8, 4) is 17.2 Å². The summed E-state index contributed by atoms with van der Waals surface area (Å²) in [5, 5.41) is 2.68. The van der Waals surface area contributed by atoms with E-state index in [9.17, 15) is 14.0 Å². The summed E-state index contributed by atoms with van der Waals surface area (Å²) in [7, 11) is 0. The second kappa shape index (κ2) is 8.39. The molecule has 0 spiro atoms. The minimum absolute atomic E-state index is 0.179. The summed E-state index contributed by atoms with van der Waals surface area (Å²) >= 11 is 0. The molecule has 0 saturated heterocycles. The highest BCUT2D eigenvalue weighted by atomic mass is 19.1. The van der Waals surface area contributed by atoms with E-state index in [2.05, 4.69) is 5.32 Å². The standard InChI is InChI=1S/C19H18FNO6/c1-12(27-18(22)10-24-15-5-3-14(20)4-6-15)19(23)21-9-13-2-7-16-17(8-13)26-11-25-16/h2-8,12H,9-11H2,1H3,(H,21,23)/t12-/m1/s1. The van der Waals surface area contributed by atoms with E-state index in [4.69, 9.17) is 18.9 Å². The molecule has 0 saturated carbocycles. The third kappa shape index (κ3) is 5.10. The van der Waals surface area contributed by atoms with Gasteiger partial charge >= 0.3 is 5.97 Å². The van der Waals surface area contributed by atoms with Gasteiger partial charge in [-0.1, -0.05) is 6.07 Å². The van der Waals surface area contributed by atoms with Crippen molar-refractivity contribution in [3.63, 3.8) is 0 Å². The van der Waals surface area contributed by atoms with Crippen LogP contribution in [0.1, 0.15) is 12.5 Å². The monoisotopic (exact) mass is 375 g/mol. The molecule has 1 atom stereocenters. The molecule has 1 N–H and O–H groups in total. The van der Waals surface area contributed by atoms with Gasteiger partial charge in [-0.05, 0) is 48.9 Å². The number of rotatable bonds is 7. The van der Waals surface area contributed by atoms with Crippen LogP contribution in [0.15, 0.2) is 42.5 Å². The predicted octanol–water partition coefficient (Wildman–Crippen LogP) is 2.18. The van der Waals surface area contributed by atoms with E-state index in [0.29, 0.717) is 17.2 Å². The fourth-order valence-corrected chi connectivity index (χ4v) is 2.34. The van der Waals surface area contributed by atoms with Crippen LogP contribution in [0, 0.1) is 5.82 Å². The molecule has 2 aromatic carbocycles. The molecule has 2 aromatic rings. The van der Waals surface area contributed by atoms with Gasteiger partial charge in [-0.25, -0.2) is 9.18 Å². The number of fused-ring (bicyclic) bond motifs is 1. The van der Waals surface area contributed by atoms with Gasteiger partial charge in [-0.2, -0.15) is 0 Å². The molecule has 27 heavy (non-hydrogen) atoms. The first-order valence-corrected chi connectivity index (χ1v) is 8.25. The highest BCUT2D eigenvalue weighted by Gasteiger charge is 2.19. The Morgan fingerprint density at radius 2 is 1.89 bits per heavy atom. The number of ether oxygens (including phenoxy) is 4. The zero-order chi connectivity index (χ0) is 19.2. The van der Waals surface area contributed by atoms with Crippen molar-refractivity contribution >= 4 is 11.9 Å². The number of hydrogen-bond acceptors (Lipinski definition) is 6. The van der Waals surface area contributed by atoms with E-state index >= 15 is 0 Å². The van der Waals surface area contributed by atoms with E-state index in [1.165, 1.54) is 31.2 Å². The third-order valence-electron chi connectivity index (χ3n) is 3.75. The van der Waals surface area contributed by atoms with E-state index in [0.717, 1.165) is 5.56 Å². The summed E-state index contributed by atoms with van der Waals surface area (Å²) < 4.78 is 33.5. The number of amides is 1. The van der Waals surface area contributed by atoms with Gasteiger partial charge in [-0.3, -0.25) is 4.79 Å². The van der Waals surface area contributed by atoms with Gasteiger partial charge < -0.3 is 24.3 Å². The molecule has 3 rings (SSSR count). The molecule has 0 radical (unpaired) electrons. The molecule has 0 aromatic heterocycles. The van der Waals surface area contributed by atoms with Crippen LogP contribution in [0.5, 0.6) is 17.2 Å². The maximum Gasteiger partial charge on any atom is 0.344 e. The van der Waals surface area contributed by atoms with Crippen LogP contribution in [0.4, 0.5) is 4.39 Å². The number of carbonyl (C=O) groups is 2. The summed E-state index contributed by atoms with van der Waals surface area (Å²) in [4.78, 5) is 23.8. The van der Waals surface area contributed by atoms with Crippen molar-refractivity contribution in [2.24, 2.45) is 0 Å². The second-order valence-electron chi connectivity index (χ2n) is 5.78. The average molecular weight is 375 g/mol. The molecular weight excluding hydrogens is 357 g/mol. The summed E-state index contributed by atoms with van der Waals surface area (Å²) in [5.74, 6) is 0.0616. The van der Waals surface area contributed by atoms with Crippen LogP contribution in [-0.2, 0) is 20.9 Å². The van der Waals surface area contributed by atoms with Gasteiger partial charge in [-0.15, -0.1) is 0 Å². The van der Waals surface area contributed by atoms with Crippen molar-refractivity contribution in [2.45, 2.75) is 19.6 Å². The van der Waals surface area contributed by atoms with Crippen molar-refractivity contribution < 1.29 is 32.9 Å². The average Bonchev–Trinajstić information content (AvgIpc) is 3.13. The largest absolute Gasteiger partial charge is 0.482 e. The first kappa shape index (κ1) is 18.5. The number of carbonyl (C=O) groups excluding carboxylic acids is 2. The van der Waals surface area contributed by atoms with E-state index in [-0.39, 0.29) is 19.9 Å². The Kier molecular flexibility index (Phi) is 5.75. The SMILES string of the molecule is C[C@@H](OC(=O)COc1ccc(F)cc1)C(=O)NCc1ccc2c(c1)OCO2. The maximum absolute atomic E-state index is 12.8. The molecule has 1 amide bonds. The molecule has 0 unspecified atom stereocenters. The Morgan fingerprint density at radius 1 is 1.15 bits per heavy atom. The lowest BCUT2D eigenvalue weighted by Gasteiger charge is -2.14. The normalized spacial score (nSPS) is 13.0. The highest BCUT2D eigenvalue weighted by Crippen LogP contribution is 2.32. The first-order valence-electron chi connectivity index (χ1n) is 8.25. The van der Waals surface area contributed by atoms with Gasteiger partial charge in [0.1, 0.15) is 11.6 Å². The number of benzene rings is 2.